The molecule has 2 N–H and O–H groups in total. The zero-order chi connectivity index (χ0) is 19.6. The molecule has 0 saturated carbocycles. The number of carboxylic acids is 1. The predicted molar refractivity (Wildman–Crippen MR) is 108 cm³/mol. The van der Waals surface area contributed by atoms with Crippen LogP contribution in [-0.2, 0) is 16.1 Å². The number of nitrogens with zero attached hydrogens (tertiary/aromatic N) is 1. The maximum Gasteiger partial charge on any atom is 0.305 e. The smallest absolute Gasteiger partial charge is 0.305 e. The summed E-state index contributed by atoms with van der Waals surface area (Å²) in [7, 11) is 0. The van der Waals surface area contributed by atoms with Gasteiger partial charge in [0.15, 0.2) is 0 Å². The molecule has 2 unspecified atom stereocenters. The van der Waals surface area contributed by atoms with Crippen molar-refractivity contribution in [2.45, 2.75) is 26.3 Å². The minimum atomic E-state index is -2.39. The first-order chi connectivity index (χ1) is 12.9. The lowest BCUT2D eigenvalue weighted by Gasteiger charge is -2.30. The molecule has 0 saturated heterocycles. The van der Waals surface area contributed by atoms with Crippen LogP contribution in [0.25, 0.3) is 10.8 Å². The third-order valence-electron chi connectivity index (χ3n) is 4.72. The molecular weight excluding hydrogens is 362 g/mol. The van der Waals surface area contributed by atoms with Crippen molar-refractivity contribution in [2.24, 2.45) is 0 Å². The van der Waals surface area contributed by atoms with Crippen molar-refractivity contribution in [3.63, 3.8) is 0 Å². The monoisotopic (exact) mass is 383 g/mol. The average molecular weight is 383 g/mol. The minimum Gasteiger partial charge on any atom is -0.481 e. The van der Waals surface area contributed by atoms with E-state index in [0.717, 1.165) is 21.9 Å². The Morgan fingerprint density at radius 1 is 1.00 bits per heavy atom. The van der Waals surface area contributed by atoms with E-state index < -0.39 is 23.3 Å². The predicted octanol–water partition coefficient (Wildman–Crippen LogP) is 4.62. The van der Waals surface area contributed by atoms with Gasteiger partial charge in [0.2, 0.25) is 0 Å². The molecule has 0 aliphatic carbocycles. The van der Waals surface area contributed by atoms with E-state index in [4.69, 9.17) is 0 Å². The largest absolute Gasteiger partial charge is 0.481 e. The van der Waals surface area contributed by atoms with Gasteiger partial charge in [0, 0.05) is 0 Å². The van der Waals surface area contributed by atoms with Gasteiger partial charge < -0.3 is 5.11 Å². The number of carbonyl (C=O) groups is 1. The molecular formula is C21H21NO4S. The summed E-state index contributed by atoms with van der Waals surface area (Å²) in [5.74, 6) is -1.03. The summed E-state index contributed by atoms with van der Waals surface area (Å²) in [6.45, 7) is 3.91. The molecule has 0 amide bonds. The first-order valence-electron chi connectivity index (χ1n) is 8.55. The second-order valence-corrected chi connectivity index (χ2v) is 7.40. The van der Waals surface area contributed by atoms with E-state index in [1.54, 1.807) is 12.1 Å². The van der Waals surface area contributed by atoms with Crippen molar-refractivity contribution in [3.05, 3.63) is 77.4 Å². The van der Waals surface area contributed by atoms with Crippen molar-refractivity contribution in [1.82, 2.24) is 0 Å². The quantitative estimate of drug-likeness (QED) is 0.609. The van der Waals surface area contributed by atoms with Gasteiger partial charge in [-0.05, 0) is 53.4 Å². The van der Waals surface area contributed by atoms with E-state index in [1.807, 2.05) is 62.4 Å². The van der Waals surface area contributed by atoms with Crippen molar-refractivity contribution in [1.29, 1.82) is 0 Å². The average Bonchev–Trinajstić information content (AvgIpc) is 2.63. The van der Waals surface area contributed by atoms with Gasteiger partial charge in [0.1, 0.15) is 0 Å². The molecule has 0 bridgehead atoms. The normalized spacial score (nSPS) is 13.3. The summed E-state index contributed by atoms with van der Waals surface area (Å²) >= 11 is -2.39. The van der Waals surface area contributed by atoms with E-state index >= 15 is 0 Å². The Bertz CT molecular complexity index is 1020. The Balaban J connectivity index is 2.12. The summed E-state index contributed by atoms with van der Waals surface area (Å²) in [4.78, 5) is 11.5. The molecule has 0 heterocycles. The Kier molecular flexibility index (Phi) is 5.58. The number of aliphatic carboxylic acids is 1. The fourth-order valence-electron chi connectivity index (χ4n) is 3.17. The number of hydrogen-bond donors (Lipinski definition) is 2. The summed E-state index contributed by atoms with van der Waals surface area (Å²) in [6.07, 6.45) is -0.290. The lowest BCUT2D eigenvalue weighted by Crippen LogP contribution is -2.32. The van der Waals surface area contributed by atoms with Gasteiger partial charge >= 0.3 is 5.97 Å². The number of hydrogen-bond acceptors (Lipinski definition) is 2. The van der Waals surface area contributed by atoms with Crippen LogP contribution in [0.4, 0.5) is 5.69 Å². The van der Waals surface area contributed by atoms with E-state index in [9.17, 15) is 18.7 Å². The van der Waals surface area contributed by atoms with Gasteiger partial charge in [0.05, 0.1) is 18.2 Å². The lowest BCUT2D eigenvalue weighted by atomic mass is 9.98. The minimum absolute atomic E-state index is 0.290. The molecule has 3 aromatic rings. The fraction of sp³-hybridized carbons (Fsp3) is 0.190. The topological polar surface area (TPSA) is 77.8 Å². The van der Waals surface area contributed by atoms with Crippen molar-refractivity contribution < 1.29 is 18.7 Å². The SMILES string of the molecule is Cc1ccc(C(CC(=O)O)N(c2ccc3ccccc3c2)S(=O)O)cc1C. The van der Waals surface area contributed by atoms with Crippen LogP contribution in [0.1, 0.15) is 29.2 Å². The van der Waals surface area contributed by atoms with Crippen LogP contribution in [0.15, 0.2) is 60.7 Å². The van der Waals surface area contributed by atoms with E-state index in [-0.39, 0.29) is 6.42 Å². The highest BCUT2D eigenvalue weighted by Crippen LogP contribution is 2.33. The summed E-state index contributed by atoms with van der Waals surface area (Å²) in [5.41, 5.74) is 3.27. The molecule has 3 rings (SSSR count). The molecule has 5 nitrogen and oxygen atoms in total. The van der Waals surface area contributed by atoms with E-state index in [0.29, 0.717) is 11.3 Å². The molecule has 0 aliphatic heterocycles. The number of aryl methyl sites for hydroxylation is 2. The first kappa shape index (κ1) is 19.1. The Labute approximate surface area is 160 Å². The molecule has 2 atom stereocenters. The van der Waals surface area contributed by atoms with E-state index in [2.05, 4.69) is 0 Å². The number of fused-ring (bicyclic) bond motifs is 1. The Morgan fingerprint density at radius 3 is 2.33 bits per heavy atom. The van der Waals surface area contributed by atoms with Crippen molar-refractivity contribution in [2.75, 3.05) is 4.31 Å². The van der Waals surface area contributed by atoms with Gasteiger partial charge in [-0.2, -0.15) is 0 Å². The third-order valence-corrected chi connectivity index (χ3v) is 5.52. The maximum absolute atomic E-state index is 12.2. The molecule has 0 aliphatic rings. The maximum atomic E-state index is 12.2. The molecule has 27 heavy (non-hydrogen) atoms. The second kappa shape index (κ2) is 7.90. The van der Waals surface area contributed by atoms with Gasteiger partial charge in [-0.1, -0.05) is 48.5 Å². The summed E-state index contributed by atoms with van der Waals surface area (Å²) in [5, 5.41) is 11.3. The highest BCUT2D eigenvalue weighted by Gasteiger charge is 2.28. The van der Waals surface area contributed by atoms with Crippen LogP contribution in [-0.4, -0.2) is 19.8 Å². The van der Waals surface area contributed by atoms with Crippen LogP contribution >= 0.6 is 0 Å². The molecule has 0 radical (unpaired) electrons. The van der Waals surface area contributed by atoms with Gasteiger partial charge in [-0.3, -0.25) is 13.7 Å². The highest BCUT2D eigenvalue weighted by atomic mass is 32.2. The first-order valence-corrected chi connectivity index (χ1v) is 9.61. The molecule has 140 valence electrons. The molecule has 0 spiro atoms. The Morgan fingerprint density at radius 2 is 1.70 bits per heavy atom. The molecule has 3 aromatic carbocycles. The zero-order valence-corrected chi connectivity index (χ0v) is 15.9. The number of benzene rings is 3. The van der Waals surface area contributed by atoms with Crippen LogP contribution < -0.4 is 4.31 Å². The highest BCUT2D eigenvalue weighted by molar-refractivity contribution is 7.80. The molecule has 0 fully saturated rings. The standard InChI is InChI=1S/C21H21NO4S/c1-14-7-8-18(11-15(14)2)20(13-21(23)24)22(27(25)26)19-10-9-16-5-3-4-6-17(16)12-19/h3-12,20H,13H2,1-2H3,(H,23,24)(H,25,26). The summed E-state index contributed by atoms with van der Waals surface area (Å²) < 4.78 is 23.5. The lowest BCUT2D eigenvalue weighted by molar-refractivity contribution is -0.137. The number of anilines is 1. The van der Waals surface area contributed by atoms with Crippen LogP contribution in [0, 0.1) is 13.8 Å². The second-order valence-electron chi connectivity index (χ2n) is 6.55. The zero-order valence-electron chi connectivity index (χ0n) is 15.1. The van der Waals surface area contributed by atoms with Gasteiger partial charge in [0.25, 0.3) is 11.3 Å². The third kappa shape index (κ3) is 4.18. The molecule has 0 aromatic heterocycles. The van der Waals surface area contributed by atoms with Gasteiger partial charge in [-0.15, -0.1) is 0 Å². The van der Waals surface area contributed by atoms with Crippen LogP contribution in [0.2, 0.25) is 0 Å². The van der Waals surface area contributed by atoms with Crippen molar-refractivity contribution >= 4 is 33.7 Å². The molecule has 6 heteroatoms. The van der Waals surface area contributed by atoms with Gasteiger partial charge in [-0.25, -0.2) is 4.21 Å². The van der Waals surface area contributed by atoms with Crippen LogP contribution in [0.5, 0.6) is 0 Å². The van der Waals surface area contributed by atoms with E-state index in [1.165, 1.54) is 4.31 Å². The fourth-order valence-corrected chi connectivity index (χ4v) is 3.87. The van der Waals surface area contributed by atoms with Crippen LogP contribution in [0.3, 0.4) is 0 Å². The Hall–Kier alpha value is -2.70. The summed E-state index contributed by atoms with van der Waals surface area (Å²) in [6, 6.07) is 17.9. The number of rotatable bonds is 6. The van der Waals surface area contributed by atoms with Crippen molar-refractivity contribution in [3.8, 4) is 0 Å². The number of carboxylic acid groups (broad SMARTS) is 1.